The number of rotatable bonds is 5. The van der Waals surface area contributed by atoms with Crippen LogP contribution in [-0.4, -0.2) is 24.5 Å². The highest BCUT2D eigenvalue weighted by Gasteiger charge is 2.27. The minimum absolute atomic E-state index is 0. The highest BCUT2D eigenvalue weighted by Crippen LogP contribution is 2.24. The fourth-order valence-electron chi connectivity index (χ4n) is 3.09. The maximum Gasteiger partial charge on any atom is 0.266 e. The first-order valence-electron chi connectivity index (χ1n) is 8.63. The lowest BCUT2D eigenvalue weighted by molar-refractivity contribution is -0.129. The molecule has 0 radical (unpaired) electrons. The van der Waals surface area contributed by atoms with Gasteiger partial charge >= 0.3 is 0 Å². The van der Waals surface area contributed by atoms with E-state index < -0.39 is 6.10 Å². The van der Waals surface area contributed by atoms with E-state index in [1.54, 1.807) is 24.3 Å². The van der Waals surface area contributed by atoms with Crippen molar-refractivity contribution in [2.75, 3.05) is 6.54 Å². The molecule has 0 bridgehead atoms. The maximum atomic E-state index is 12.9. The molecular weight excluding hydrogens is 371 g/mol. The molecule has 2 aromatic carbocycles. The van der Waals surface area contributed by atoms with Crippen molar-refractivity contribution in [1.29, 1.82) is 0 Å². The van der Waals surface area contributed by atoms with E-state index in [0.29, 0.717) is 16.8 Å². The van der Waals surface area contributed by atoms with Gasteiger partial charge in [0.1, 0.15) is 5.75 Å². The molecule has 140 valence electrons. The van der Waals surface area contributed by atoms with Gasteiger partial charge in [-0.2, -0.15) is 0 Å². The van der Waals surface area contributed by atoms with Gasteiger partial charge < -0.3 is 15.4 Å². The Morgan fingerprint density at radius 2 is 1.88 bits per heavy atom. The molecule has 3 unspecified atom stereocenters. The zero-order valence-electron chi connectivity index (χ0n) is 14.7. The molecule has 26 heavy (non-hydrogen) atoms. The smallest absolute Gasteiger partial charge is 0.266 e. The number of benzene rings is 2. The minimum atomic E-state index is -0.687. The summed E-state index contributed by atoms with van der Waals surface area (Å²) in [5.41, 5.74) is 0.830. The number of hydrogen-bond donors (Lipinski definition) is 2. The number of amides is 1. The molecule has 1 aliphatic heterocycles. The molecule has 2 aromatic rings. The van der Waals surface area contributed by atoms with Crippen LogP contribution >= 0.6 is 24.0 Å². The van der Waals surface area contributed by atoms with Crippen LogP contribution < -0.4 is 15.4 Å². The van der Waals surface area contributed by atoms with Crippen molar-refractivity contribution in [2.45, 2.75) is 38.0 Å². The normalized spacial score (nSPS) is 20.5. The van der Waals surface area contributed by atoms with Crippen LogP contribution in [-0.2, 0) is 4.79 Å². The molecule has 6 heteroatoms. The molecule has 0 saturated carbocycles. The van der Waals surface area contributed by atoms with Gasteiger partial charge in [0.25, 0.3) is 5.91 Å². The Labute approximate surface area is 165 Å². The first-order valence-corrected chi connectivity index (χ1v) is 9.00. The number of ether oxygens (including phenoxy) is 1. The Morgan fingerprint density at radius 3 is 2.54 bits per heavy atom. The third kappa shape index (κ3) is 5.63. The molecule has 0 spiro atoms. The number of halogens is 2. The molecule has 1 aliphatic rings. The van der Waals surface area contributed by atoms with Gasteiger partial charge in [-0.1, -0.05) is 41.9 Å². The predicted molar refractivity (Wildman–Crippen MR) is 107 cm³/mol. The van der Waals surface area contributed by atoms with Crippen LogP contribution in [0.25, 0.3) is 0 Å². The van der Waals surface area contributed by atoms with Crippen molar-refractivity contribution >= 4 is 29.9 Å². The van der Waals surface area contributed by atoms with Crippen LogP contribution in [0, 0.1) is 0 Å². The zero-order chi connectivity index (χ0) is 17.6. The van der Waals surface area contributed by atoms with E-state index in [2.05, 4.69) is 17.6 Å². The second-order valence-electron chi connectivity index (χ2n) is 6.45. The molecule has 1 heterocycles. The Bertz CT molecular complexity index is 695. The van der Waals surface area contributed by atoms with Gasteiger partial charge in [0, 0.05) is 22.7 Å². The van der Waals surface area contributed by atoms with Crippen LogP contribution in [0.5, 0.6) is 5.75 Å². The van der Waals surface area contributed by atoms with Crippen LogP contribution in [0.1, 0.15) is 31.4 Å². The summed E-state index contributed by atoms with van der Waals surface area (Å²) >= 11 is 5.93. The minimum Gasteiger partial charge on any atom is -0.476 e. The third-order valence-corrected chi connectivity index (χ3v) is 4.63. The van der Waals surface area contributed by atoms with Gasteiger partial charge in [-0.15, -0.1) is 12.4 Å². The average Bonchev–Trinajstić information content (AvgIpc) is 2.62. The first kappa shape index (κ1) is 20.6. The van der Waals surface area contributed by atoms with E-state index in [4.69, 9.17) is 16.3 Å². The van der Waals surface area contributed by atoms with Crippen molar-refractivity contribution in [3.05, 3.63) is 65.2 Å². The van der Waals surface area contributed by atoms with Gasteiger partial charge in [-0.3, -0.25) is 4.79 Å². The van der Waals surface area contributed by atoms with Gasteiger partial charge in [-0.25, -0.2) is 0 Å². The van der Waals surface area contributed by atoms with Crippen molar-refractivity contribution in [2.24, 2.45) is 0 Å². The second kappa shape index (κ2) is 9.81. The lowest BCUT2D eigenvalue weighted by Gasteiger charge is -2.30. The monoisotopic (exact) mass is 394 g/mol. The van der Waals surface area contributed by atoms with Gasteiger partial charge in [0.15, 0.2) is 0 Å². The van der Waals surface area contributed by atoms with Gasteiger partial charge in [0.05, 0.1) is 0 Å². The highest BCUT2D eigenvalue weighted by atomic mass is 35.5. The Morgan fingerprint density at radius 1 is 1.19 bits per heavy atom. The molecule has 0 aliphatic carbocycles. The Balaban J connectivity index is 0.00000243. The summed E-state index contributed by atoms with van der Waals surface area (Å²) in [5.74, 6) is 0.507. The maximum absolute atomic E-state index is 12.9. The SMILES string of the molecule is CC1CC(NC(=O)C(Oc2ccc(Cl)cc2)c2ccccc2)CCN1.Cl. The van der Waals surface area contributed by atoms with Crippen molar-refractivity contribution in [3.63, 3.8) is 0 Å². The molecule has 3 atom stereocenters. The van der Waals surface area contributed by atoms with E-state index in [0.717, 1.165) is 24.9 Å². The van der Waals surface area contributed by atoms with E-state index >= 15 is 0 Å². The van der Waals surface area contributed by atoms with Crippen LogP contribution in [0.4, 0.5) is 0 Å². The van der Waals surface area contributed by atoms with Crippen LogP contribution in [0.2, 0.25) is 5.02 Å². The van der Waals surface area contributed by atoms with Crippen molar-refractivity contribution < 1.29 is 9.53 Å². The highest BCUT2D eigenvalue weighted by molar-refractivity contribution is 6.30. The molecule has 1 saturated heterocycles. The molecule has 3 rings (SSSR count). The summed E-state index contributed by atoms with van der Waals surface area (Å²) in [6, 6.07) is 17.2. The summed E-state index contributed by atoms with van der Waals surface area (Å²) in [5, 5.41) is 7.18. The average molecular weight is 395 g/mol. The summed E-state index contributed by atoms with van der Waals surface area (Å²) in [4.78, 5) is 12.9. The number of piperidine rings is 1. The first-order chi connectivity index (χ1) is 12.1. The van der Waals surface area contributed by atoms with Crippen molar-refractivity contribution in [1.82, 2.24) is 10.6 Å². The summed E-state index contributed by atoms with van der Waals surface area (Å²) < 4.78 is 6.00. The molecule has 1 fully saturated rings. The van der Waals surface area contributed by atoms with E-state index in [9.17, 15) is 4.79 Å². The molecule has 0 aromatic heterocycles. The number of carbonyl (C=O) groups excluding carboxylic acids is 1. The van der Waals surface area contributed by atoms with E-state index in [1.165, 1.54) is 0 Å². The fraction of sp³-hybridized carbons (Fsp3) is 0.350. The summed E-state index contributed by atoms with van der Waals surface area (Å²) in [6.45, 7) is 3.05. The zero-order valence-corrected chi connectivity index (χ0v) is 16.2. The van der Waals surface area contributed by atoms with Crippen LogP contribution in [0.3, 0.4) is 0 Å². The third-order valence-electron chi connectivity index (χ3n) is 4.38. The fourth-order valence-corrected chi connectivity index (χ4v) is 3.22. The van der Waals surface area contributed by atoms with E-state index in [1.807, 2.05) is 30.3 Å². The summed E-state index contributed by atoms with van der Waals surface area (Å²) in [7, 11) is 0. The van der Waals surface area contributed by atoms with Gasteiger partial charge in [-0.05, 0) is 50.6 Å². The topological polar surface area (TPSA) is 50.4 Å². The van der Waals surface area contributed by atoms with E-state index in [-0.39, 0.29) is 24.4 Å². The molecular formula is C20H24Cl2N2O2. The number of hydrogen-bond acceptors (Lipinski definition) is 3. The lowest BCUT2D eigenvalue weighted by Crippen LogP contribution is -2.48. The standard InChI is InChI=1S/C20H23ClN2O2.ClH/c1-14-13-17(11-12-22-14)23-20(24)19(15-5-3-2-4-6-15)25-18-9-7-16(21)8-10-18;/h2-10,14,17,19,22H,11-13H2,1H3,(H,23,24);1H. The number of carbonyl (C=O) groups is 1. The Hall–Kier alpha value is -1.75. The summed E-state index contributed by atoms with van der Waals surface area (Å²) in [6.07, 6.45) is 1.17. The van der Waals surface area contributed by atoms with Crippen LogP contribution in [0.15, 0.2) is 54.6 Å². The molecule has 2 N–H and O–H groups in total. The lowest BCUT2D eigenvalue weighted by atomic mass is 10.00. The second-order valence-corrected chi connectivity index (χ2v) is 6.88. The molecule has 4 nitrogen and oxygen atoms in total. The largest absolute Gasteiger partial charge is 0.476 e. The van der Waals surface area contributed by atoms with Gasteiger partial charge in [0.2, 0.25) is 6.10 Å². The quantitative estimate of drug-likeness (QED) is 0.800. The van der Waals surface area contributed by atoms with Crippen molar-refractivity contribution in [3.8, 4) is 5.75 Å². The predicted octanol–water partition coefficient (Wildman–Crippen LogP) is 4.14. The molecule has 1 amide bonds. The number of nitrogens with one attached hydrogen (secondary N) is 2. The Kier molecular flexibility index (Phi) is 7.76.